The summed E-state index contributed by atoms with van der Waals surface area (Å²) in [4.78, 5) is 16.3. The van der Waals surface area contributed by atoms with Gasteiger partial charge in [-0.25, -0.2) is 14.3 Å². The summed E-state index contributed by atoms with van der Waals surface area (Å²) in [5.74, 6) is -0.414. The monoisotopic (exact) mass is 259 g/mol. The number of nitrogens with zero attached hydrogens (tertiary/aromatic N) is 3. The third-order valence-corrected chi connectivity index (χ3v) is 3.56. The minimum Gasteiger partial charge on any atom is -0.464 e. The summed E-state index contributed by atoms with van der Waals surface area (Å²) in [6.07, 6.45) is 5.29. The van der Waals surface area contributed by atoms with Crippen molar-refractivity contribution in [2.75, 3.05) is 7.11 Å². The molecule has 0 atom stereocenters. The molecule has 0 saturated carbocycles. The lowest BCUT2D eigenvalue weighted by Crippen LogP contribution is -1.98. The van der Waals surface area contributed by atoms with Gasteiger partial charge in [-0.15, -0.1) is 11.3 Å². The first-order chi connectivity index (χ1) is 8.78. The number of aromatic nitrogens is 3. The molecule has 90 valence electrons. The van der Waals surface area contributed by atoms with E-state index in [0.29, 0.717) is 5.01 Å². The van der Waals surface area contributed by atoms with E-state index >= 15 is 0 Å². The maximum absolute atomic E-state index is 11.3. The number of ether oxygens (including phenoxy) is 1. The van der Waals surface area contributed by atoms with Crippen LogP contribution in [-0.2, 0) is 4.74 Å². The maximum atomic E-state index is 11.3. The van der Waals surface area contributed by atoms with E-state index in [0.717, 1.165) is 16.0 Å². The van der Waals surface area contributed by atoms with E-state index in [-0.39, 0.29) is 0 Å². The Morgan fingerprint density at radius 1 is 1.44 bits per heavy atom. The van der Waals surface area contributed by atoms with Crippen LogP contribution in [0.5, 0.6) is 0 Å². The lowest BCUT2D eigenvalue weighted by atomic mass is 10.2. The van der Waals surface area contributed by atoms with Crippen molar-refractivity contribution in [3.63, 3.8) is 0 Å². The van der Waals surface area contributed by atoms with Gasteiger partial charge in [0.2, 0.25) is 5.01 Å². The Kier molecular flexibility index (Phi) is 2.56. The van der Waals surface area contributed by atoms with Crippen LogP contribution in [-0.4, -0.2) is 27.7 Å². The highest BCUT2D eigenvalue weighted by Gasteiger charge is 2.12. The second-order valence-corrected chi connectivity index (χ2v) is 4.67. The molecule has 0 N–H and O–H groups in total. The first-order valence-electron chi connectivity index (χ1n) is 5.26. The van der Waals surface area contributed by atoms with Gasteiger partial charge < -0.3 is 4.74 Å². The average Bonchev–Trinajstić information content (AvgIpc) is 3.05. The van der Waals surface area contributed by atoms with Crippen LogP contribution >= 0.6 is 11.3 Å². The van der Waals surface area contributed by atoms with Gasteiger partial charge in [-0.2, -0.15) is 5.10 Å². The zero-order valence-corrected chi connectivity index (χ0v) is 10.3. The van der Waals surface area contributed by atoms with Gasteiger partial charge >= 0.3 is 5.97 Å². The van der Waals surface area contributed by atoms with Gasteiger partial charge in [-0.3, -0.25) is 0 Å². The molecule has 0 fully saturated rings. The summed E-state index contributed by atoms with van der Waals surface area (Å²) in [5.41, 5.74) is 1.94. The zero-order valence-electron chi connectivity index (χ0n) is 9.53. The van der Waals surface area contributed by atoms with Gasteiger partial charge in [-0.05, 0) is 18.2 Å². The van der Waals surface area contributed by atoms with Gasteiger partial charge in [0.1, 0.15) is 0 Å². The Labute approximate surface area is 107 Å². The van der Waals surface area contributed by atoms with Crippen LogP contribution in [0.2, 0.25) is 0 Å². The maximum Gasteiger partial charge on any atom is 0.367 e. The molecule has 0 bridgehead atoms. The summed E-state index contributed by atoms with van der Waals surface area (Å²) in [7, 11) is 1.34. The fourth-order valence-electron chi connectivity index (χ4n) is 1.65. The molecule has 5 nitrogen and oxygen atoms in total. The predicted octanol–water partition coefficient (Wildman–Crippen LogP) is 2.24. The third kappa shape index (κ3) is 1.76. The molecule has 0 spiro atoms. The Bertz CT molecular complexity index is 717. The van der Waals surface area contributed by atoms with Crippen LogP contribution in [0.25, 0.3) is 16.0 Å². The topological polar surface area (TPSA) is 56.5 Å². The molecule has 3 heterocycles. The number of fused-ring (bicyclic) bond motifs is 1. The van der Waals surface area contributed by atoms with Crippen molar-refractivity contribution in [1.82, 2.24) is 14.6 Å². The van der Waals surface area contributed by atoms with Crippen molar-refractivity contribution >= 4 is 22.8 Å². The molecule has 0 aromatic carbocycles. The summed E-state index contributed by atoms with van der Waals surface area (Å²) in [6.45, 7) is 0. The summed E-state index contributed by atoms with van der Waals surface area (Å²) in [6, 6.07) is 5.90. The normalized spacial score (nSPS) is 10.7. The summed E-state index contributed by atoms with van der Waals surface area (Å²) >= 11 is 1.29. The van der Waals surface area contributed by atoms with E-state index in [1.807, 2.05) is 24.4 Å². The SMILES string of the molecule is COC(=O)c1ncc(-c2cnn3cccc3c2)s1. The van der Waals surface area contributed by atoms with Crippen molar-refractivity contribution in [3.05, 3.63) is 41.8 Å². The first-order valence-corrected chi connectivity index (χ1v) is 6.07. The van der Waals surface area contributed by atoms with Crippen LogP contribution in [0.3, 0.4) is 0 Å². The van der Waals surface area contributed by atoms with Crippen LogP contribution in [0.15, 0.2) is 36.8 Å². The van der Waals surface area contributed by atoms with Gasteiger partial charge in [0, 0.05) is 18.0 Å². The molecule has 6 heteroatoms. The smallest absolute Gasteiger partial charge is 0.367 e. The quantitative estimate of drug-likeness (QED) is 0.662. The van der Waals surface area contributed by atoms with E-state index in [1.165, 1.54) is 18.4 Å². The molecule has 3 rings (SSSR count). The number of rotatable bonds is 2. The van der Waals surface area contributed by atoms with Gasteiger partial charge in [0.25, 0.3) is 0 Å². The molecule has 0 aliphatic heterocycles. The number of thiazole rings is 1. The Morgan fingerprint density at radius 2 is 2.33 bits per heavy atom. The lowest BCUT2D eigenvalue weighted by molar-refractivity contribution is 0.0600. The highest BCUT2D eigenvalue weighted by Crippen LogP contribution is 2.26. The third-order valence-electron chi connectivity index (χ3n) is 2.53. The molecule has 0 radical (unpaired) electrons. The van der Waals surface area contributed by atoms with Crippen LogP contribution < -0.4 is 0 Å². The molecule has 3 aromatic rings. The Morgan fingerprint density at radius 3 is 3.17 bits per heavy atom. The highest BCUT2D eigenvalue weighted by atomic mass is 32.1. The standard InChI is InChI=1S/C12H9N3O2S/c1-17-12(16)11-13-7-10(18-11)8-5-9-3-2-4-15(9)14-6-8/h2-7H,1H3. The second kappa shape index (κ2) is 4.23. The molecule has 18 heavy (non-hydrogen) atoms. The van der Waals surface area contributed by atoms with Crippen molar-refractivity contribution in [1.29, 1.82) is 0 Å². The van der Waals surface area contributed by atoms with Gasteiger partial charge in [0.05, 0.1) is 23.7 Å². The van der Waals surface area contributed by atoms with Crippen molar-refractivity contribution in [3.8, 4) is 10.4 Å². The number of methoxy groups -OCH3 is 1. The predicted molar refractivity (Wildman–Crippen MR) is 67.6 cm³/mol. The first kappa shape index (κ1) is 10.9. The van der Waals surface area contributed by atoms with E-state index in [1.54, 1.807) is 16.9 Å². The lowest BCUT2D eigenvalue weighted by Gasteiger charge is -1.97. The minimum absolute atomic E-state index is 0.350. The number of carbonyl (C=O) groups excluding carboxylic acids is 1. The molecular weight excluding hydrogens is 250 g/mol. The Hall–Kier alpha value is -2.21. The summed E-state index contributed by atoms with van der Waals surface area (Å²) < 4.78 is 6.42. The molecular formula is C12H9N3O2S. The van der Waals surface area contributed by atoms with Gasteiger partial charge in [-0.1, -0.05) is 0 Å². The number of esters is 1. The van der Waals surface area contributed by atoms with Crippen molar-refractivity contribution in [2.45, 2.75) is 0 Å². The average molecular weight is 259 g/mol. The largest absolute Gasteiger partial charge is 0.464 e. The van der Waals surface area contributed by atoms with Crippen LogP contribution in [0, 0.1) is 0 Å². The highest BCUT2D eigenvalue weighted by molar-refractivity contribution is 7.16. The fraction of sp³-hybridized carbons (Fsp3) is 0.0833. The van der Waals surface area contributed by atoms with Crippen LogP contribution in [0.4, 0.5) is 0 Å². The molecule has 0 amide bonds. The van der Waals surface area contributed by atoms with Crippen molar-refractivity contribution in [2.24, 2.45) is 0 Å². The number of hydrogen-bond donors (Lipinski definition) is 0. The molecule has 0 unspecified atom stereocenters. The second-order valence-electron chi connectivity index (χ2n) is 3.64. The number of carbonyl (C=O) groups is 1. The summed E-state index contributed by atoms with van der Waals surface area (Å²) in [5, 5.41) is 4.62. The Balaban J connectivity index is 2.03. The number of hydrogen-bond acceptors (Lipinski definition) is 5. The van der Waals surface area contributed by atoms with E-state index < -0.39 is 5.97 Å². The van der Waals surface area contributed by atoms with Crippen molar-refractivity contribution < 1.29 is 9.53 Å². The molecule has 3 aromatic heterocycles. The van der Waals surface area contributed by atoms with E-state index in [9.17, 15) is 4.79 Å². The van der Waals surface area contributed by atoms with Gasteiger partial charge in [0.15, 0.2) is 0 Å². The molecule has 0 saturated heterocycles. The van der Waals surface area contributed by atoms with Crippen LogP contribution in [0.1, 0.15) is 9.80 Å². The molecule has 0 aliphatic rings. The van der Waals surface area contributed by atoms with E-state index in [2.05, 4.69) is 14.8 Å². The minimum atomic E-state index is -0.414. The fourth-order valence-corrected chi connectivity index (χ4v) is 2.47. The zero-order chi connectivity index (χ0) is 12.5. The van der Waals surface area contributed by atoms with E-state index in [4.69, 9.17) is 0 Å². The molecule has 0 aliphatic carbocycles.